The highest BCUT2D eigenvalue weighted by Gasteiger charge is 2.32. The predicted octanol–water partition coefficient (Wildman–Crippen LogP) is 1.73. The minimum absolute atomic E-state index is 0.281. The van der Waals surface area contributed by atoms with Crippen LogP contribution in [-0.4, -0.2) is 32.4 Å². The van der Waals surface area contributed by atoms with E-state index in [1.807, 2.05) is 19.1 Å². The molecule has 0 radical (unpaired) electrons. The lowest BCUT2D eigenvalue weighted by Gasteiger charge is -2.17. The molecule has 0 amide bonds. The van der Waals surface area contributed by atoms with Crippen molar-refractivity contribution in [2.75, 3.05) is 19.6 Å². The number of benzene rings is 1. The van der Waals surface area contributed by atoms with Gasteiger partial charge in [-0.15, -0.1) is 0 Å². The number of sulfonamides is 1. The largest absolute Gasteiger partial charge is 0.330 e. The van der Waals surface area contributed by atoms with Crippen LogP contribution in [0.15, 0.2) is 27.6 Å². The van der Waals surface area contributed by atoms with E-state index < -0.39 is 10.0 Å². The lowest BCUT2D eigenvalue weighted by atomic mass is 10.1. The van der Waals surface area contributed by atoms with Crippen LogP contribution >= 0.6 is 15.9 Å². The number of rotatable bonds is 3. The molecule has 0 saturated carbocycles. The van der Waals surface area contributed by atoms with E-state index in [1.165, 1.54) is 4.31 Å². The molecule has 1 atom stereocenters. The van der Waals surface area contributed by atoms with Gasteiger partial charge in [-0.05, 0) is 59.4 Å². The molecule has 1 aliphatic heterocycles. The number of hydrogen-bond donors (Lipinski definition) is 1. The first-order valence-electron chi connectivity index (χ1n) is 5.91. The Morgan fingerprint density at radius 3 is 2.78 bits per heavy atom. The highest BCUT2D eigenvalue weighted by molar-refractivity contribution is 9.10. The quantitative estimate of drug-likeness (QED) is 0.916. The summed E-state index contributed by atoms with van der Waals surface area (Å²) in [5.74, 6) is 0.281. The SMILES string of the molecule is Cc1ccc(S(=O)(=O)N2CC[C@H](CN)C2)c(Br)c1. The summed E-state index contributed by atoms with van der Waals surface area (Å²) >= 11 is 3.33. The third kappa shape index (κ3) is 2.61. The zero-order chi connectivity index (χ0) is 13.3. The van der Waals surface area contributed by atoms with Gasteiger partial charge >= 0.3 is 0 Å². The molecule has 1 aromatic rings. The molecular weight excluding hydrogens is 316 g/mol. The van der Waals surface area contributed by atoms with Gasteiger partial charge in [-0.25, -0.2) is 8.42 Å². The summed E-state index contributed by atoms with van der Waals surface area (Å²) < 4.78 is 27.1. The fourth-order valence-electron chi connectivity index (χ4n) is 2.16. The highest BCUT2D eigenvalue weighted by atomic mass is 79.9. The normalized spacial score (nSPS) is 21.4. The van der Waals surface area contributed by atoms with Crippen molar-refractivity contribution in [3.8, 4) is 0 Å². The van der Waals surface area contributed by atoms with Gasteiger partial charge in [0.25, 0.3) is 0 Å². The maximum atomic E-state index is 12.5. The number of nitrogens with two attached hydrogens (primary N) is 1. The van der Waals surface area contributed by atoms with Gasteiger partial charge in [0, 0.05) is 17.6 Å². The van der Waals surface area contributed by atoms with Gasteiger partial charge in [-0.1, -0.05) is 6.07 Å². The van der Waals surface area contributed by atoms with Crippen LogP contribution < -0.4 is 5.73 Å². The van der Waals surface area contributed by atoms with Gasteiger partial charge in [0.15, 0.2) is 0 Å². The van der Waals surface area contributed by atoms with E-state index in [9.17, 15) is 8.42 Å². The van der Waals surface area contributed by atoms with Crippen molar-refractivity contribution in [3.05, 3.63) is 28.2 Å². The third-order valence-corrected chi connectivity index (χ3v) is 6.13. The van der Waals surface area contributed by atoms with Crippen molar-refractivity contribution in [1.29, 1.82) is 0 Å². The number of nitrogens with zero attached hydrogens (tertiary/aromatic N) is 1. The molecule has 0 aliphatic carbocycles. The van der Waals surface area contributed by atoms with Crippen LogP contribution in [0.25, 0.3) is 0 Å². The fourth-order valence-corrected chi connectivity index (χ4v) is 4.85. The topological polar surface area (TPSA) is 63.4 Å². The second-order valence-electron chi connectivity index (χ2n) is 4.69. The summed E-state index contributed by atoms with van der Waals surface area (Å²) in [6.07, 6.45) is 0.846. The molecule has 0 aromatic heterocycles. The zero-order valence-corrected chi connectivity index (χ0v) is 12.7. The summed E-state index contributed by atoms with van der Waals surface area (Å²) in [5.41, 5.74) is 6.63. The van der Waals surface area contributed by atoms with E-state index in [4.69, 9.17) is 5.73 Å². The maximum absolute atomic E-state index is 12.5. The smallest absolute Gasteiger partial charge is 0.244 e. The number of halogens is 1. The van der Waals surface area contributed by atoms with Crippen LogP contribution in [0.5, 0.6) is 0 Å². The lowest BCUT2D eigenvalue weighted by Crippen LogP contribution is -2.30. The first-order valence-corrected chi connectivity index (χ1v) is 8.15. The van der Waals surface area contributed by atoms with Crippen molar-refractivity contribution < 1.29 is 8.42 Å². The molecule has 1 fully saturated rings. The van der Waals surface area contributed by atoms with Crippen LogP contribution in [-0.2, 0) is 10.0 Å². The molecule has 18 heavy (non-hydrogen) atoms. The number of aryl methyl sites for hydroxylation is 1. The lowest BCUT2D eigenvalue weighted by molar-refractivity contribution is 0.458. The minimum Gasteiger partial charge on any atom is -0.330 e. The molecule has 1 aliphatic rings. The summed E-state index contributed by atoms with van der Waals surface area (Å²) in [7, 11) is -3.40. The van der Waals surface area contributed by atoms with Crippen molar-refractivity contribution in [2.24, 2.45) is 11.7 Å². The zero-order valence-electron chi connectivity index (χ0n) is 10.3. The predicted molar refractivity (Wildman–Crippen MR) is 74.8 cm³/mol. The molecule has 100 valence electrons. The molecule has 0 unspecified atom stereocenters. The van der Waals surface area contributed by atoms with Crippen LogP contribution in [0.2, 0.25) is 0 Å². The molecular formula is C12H17BrN2O2S. The molecule has 0 bridgehead atoms. The van der Waals surface area contributed by atoms with Crippen molar-refractivity contribution >= 4 is 26.0 Å². The van der Waals surface area contributed by atoms with Crippen molar-refractivity contribution in [1.82, 2.24) is 4.31 Å². The first kappa shape index (κ1) is 14.0. The van der Waals surface area contributed by atoms with E-state index in [-0.39, 0.29) is 5.92 Å². The Balaban J connectivity index is 2.31. The van der Waals surface area contributed by atoms with E-state index in [0.717, 1.165) is 12.0 Å². The molecule has 4 nitrogen and oxygen atoms in total. The van der Waals surface area contributed by atoms with Gasteiger partial charge in [-0.3, -0.25) is 0 Å². The Hall–Kier alpha value is -0.430. The van der Waals surface area contributed by atoms with Gasteiger partial charge in [0.05, 0.1) is 4.90 Å². The summed E-state index contributed by atoms with van der Waals surface area (Å²) in [6, 6.07) is 5.29. The Morgan fingerprint density at radius 2 is 2.22 bits per heavy atom. The standard InChI is InChI=1S/C12H17BrN2O2S/c1-9-2-3-12(11(13)6-9)18(16,17)15-5-4-10(7-14)8-15/h2-3,6,10H,4-5,7-8,14H2,1H3/t10-/m1/s1. The Labute approximate surface area is 116 Å². The van der Waals surface area contributed by atoms with E-state index in [2.05, 4.69) is 15.9 Å². The molecule has 1 heterocycles. The minimum atomic E-state index is -3.40. The summed E-state index contributed by atoms with van der Waals surface area (Å²) in [4.78, 5) is 0.339. The van der Waals surface area contributed by atoms with E-state index >= 15 is 0 Å². The molecule has 0 spiro atoms. The highest BCUT2D eigenvalue weighted by Crippen LogP contribution is 2.29. The maximum Gasteiger partial charge on any atom is 0.244 e. The van der Waals surface area contributed by atoms with E-state index in [0.29, 0.717) is 29.0 Å². The van der Waals surface area contributed by atoms with Gasteiger partial charge in [0.1, 0.15) is 0 Å². The second-order valence-corrected chi connectivity index (χ2v) is 7.45. The van der Waals surface area contributed by atoms with Crippen LogP contribution in [0.4, 0.5) is 0 Å². The first-order chi connectivity index (χ1) is 8.45. The Morgan fingerprint density at radius 1 is 1.50 bits per heavy atom. The average Bonchev–Trinajstić information content (AvgIpc) is 2.77. The molecule has 1 saturated heterocycles. The monoisotopic (exact) mass is 332 g/mol. The molecule has 6 heteroatoms. The number of hydrogen-bond acceptors (Lipinski definition) is 3. The Kier molecular flexibility index (Phi) is 4.11. The Bertz CT molecular complexity index is 545. The van der Waals surface area contributed by atoms with Crippen molar-refractivity contribution in [3.63, 3.8) is 0 Å². The summed E-state index contributed by atoms with van der Waals surface area (Å²) in [5, 5.41) is 0. The second kappa shape index (κ2) is 5.28. The average molecular weight is 333 g/mol. The van der Waals surface area contributed by atoms with E-state index in [1.54, 1.807) is 6.07 Å². The van der Waals surface area contributed by atoms with Crippen LogP contribution in [0.3, 0.4) is 0 Å². The van der Waals surface area contributed by atoms with Crippen LogP contribution in [0.1, 0.15) is 12.0 Å². The van der Waals surface area contributed by atoms with Crippen molar-refractivity contribution in [2.45, 2.75) is 18.2 Å². The summed E-state index contributed by atoms with van der Waals surface area (Å²) in [6.45, 7) is 3.56. The molecule has 1 aromatic carbocycles. The molecule has 2 N–H and O–H groups in total. The van der Waals surface area contributed by atoms with Gasteiger partial charge in [0.2, 0.25) is 10.0 Å². The fraction of sp³-hybridized carbons (Fsp3) is 0.500. The van der Waals surface area contributed by atoms with Crippen LogP contribution in [0, 0.1) is 12.8 Å². The molecule has 2 rings (SSSR count). The third-order valence-electron chi connectivity index (χ3n) is 3.29. The van der Waals surface area contributed by atoms with Gasteiger partial charge in [-0.2, -0.15) is 4.31 Å². The van der Waals surface area contributed by atoms with Gasteiger partial charge < -0.3 is 5.73 Å².